The highest BCUT2D eigenvalue weighted by Crippen LogP contribution is 2.31. The van der Waals surface area contributed by atoms with Gasteiger partial charge in [0.05, 0.1) is 0 Å². The van der Waals surface area contributed by atoms with Crippen LogP contribution in [-0.2, 0) is 19.1 Å². The van der Waals surface area contributed by atoms with Crippen LogP contribution in [0.4, 0.5) is 0 Å². The molecule has 0 saturated carbocycles. The lowest BCUT2D eigenvalue weighted by Crippen LogP contribution is -2.48. The fourth-order valence-corrected chi connectivity index (χ4v) is 1.38. The SMILES string of the molecule is CCC1(C(C)C)OC(=O)CC(=O)O1. The van der Waals surface area contributed by atoms with Crippen LogP contribution in [0.5, 0.6) is 0 Å². The van der Waals surface area contributed by atoms with E-state index in [-0.39, 0.29) is 12.3 Å². The summed E-state index contributed by atoms with van der Waals surface area (Å²) < 4.78 is 10.1. The van der Waals surface area contributed by atoms with Crippen molar-refractivity contribution in [2.24, 2.45) is 5.92 Å². The maximum absolute atomic E-state index is 11.0. The molecule has 0 bridgehead atoms. The largest absolute Gasteiger partial charge is 0.422 e. The molecule has 0 unspecified atom stereocenters. The summed E-state index contributed by atoms with van der Waals surface area (Å²) in [5, 5.41) is 0. The molecule has 0 N–H and O–H groups in total. The van der Waals surface area contributed by atoms with Crippen LogP contribution in [0.2, 0.25) is 0 Å². The van der Waals surface area contributed by atoms with E-state index < -0.39 is 17.7 Å². The molecule has 0 aromatic rings. The van der Waals surface area contributed by atoms with Gasteiger partial charge in [-0.05, 0) is 0 Å². The molecular formula is C9H14O4. The van der Waals surface area contributed by atoms with E-state index in [4.69, 9.17) is 9.47 Å². The highest BCUT2D eigenvalue weighted by molar-refractivity contribution is 5.93. The van der Waals surface area contributed by atoms with Crippen molar-refractivity contribution in [3.8, 4) is 0 Å². The normalized spacial score (nSPS) is 21.2. The van der Waals surface area contributed by atoms with Gasteiger partial charge < -0.3 is 9.47 Å². The van der Waals surface area contributed by atoms with Gasteiger partial charge in [-0.3, -0.25) is 9.59 Å². The van der Waals surface area contributed by atoms with Crippen LogP contribution < -0.4 is 0 Å². The van der Waals surface area contributed by atoms with Crippen molar-refractivity contribution < 1.29 is 19.1 Å². The number of hydrogen-bond acceptors (Lipinski definition) is 4. The summed E-state index contributed by atoms with van der Waals surface area (Å²) in [6.07, 6.45) is 0.219. The van der Waals surface area contributed by atoms with E-state index in [0.29, 0.717) is 6.42 Å². The first-order chi connectivity index (χ1) is 6.00. The molecule has 0 aromatic heterocycles. The zero-order valence-electron chi connectivity index (χ0n) is 8.12. The lowest BCUT2D eigenvalue weighted by atomic mass is 9.99. The van der Waals surface area contributed by atoms with Gasteiger partial charge >= 0.3 is 11.9 Å². The molecular weight excluding hydrogens is 172 g/mol. The first kappa shape index (κ1) is 10.0. The van der Waals surface area contributed by atoms with Crippen molar-refractivity contribution in [3.05, 3.63) is 0 Å². The molecule has 4 nitrogen and oxygen atoms in total. The molecule has 1 saturated heterocycles. The topological polar surface area (TPSA) is 52.6 Å². The molecule has 1 aliphatic rings. The van der Waals surface area contributed by atoms with Crippen LogP contribution in [0.1, 0.15) is 33.6 Å². The quantitative estimate of drug-likeness (QED) is 0.481. The third-order valence-corrected chi connectivity index (χ3v) is 2.23. The molecule has 1 rings (SSSR count). The second-order valence-electron chi connectivity index (χ2n) is 3.45. The van der Waals surface area contributed by atoms with Crippen molar-refractivity contribution in [3.63, 3.8) is 0 Å². The molecule has 0 radical (unpaired) electrons. The minimum atomic E-state index is -1.04. The van der Waals surface area contributed by atoms with Gasteiger partial charge in [-0.1, -0.05) is 20.8 Å². The summed E-state index contributed by atoms with van der Waals surface area (Å²) in [7, 11) is 0. The van der Waals surface area contributed by atoms with Gasteiger partial charge in [-0.2, -0.15) is 0 Å². The first-order valence-electron chi connectivity index (χ1n) is 4.44. The van der Waals surface area contributed by atoms with Crippen molar-refractivity contribution in [2.45, 2.75) is 39.4 Å². The Morgan fingerprint density at radius 2 is 1.77 bits per heavy atom. The third-order valence-electron chi connectivity index (χ3n) is 2.23. The van der Waals surface area contributed by atoms with Crippen LogP contribution in [-0.4, -0.2) is 17.7 Å². The molecule has 0 amide bonds. The Labute approximate surface area is 77.2 Å². The van der Waals surface area contributed by atoms with E-state index in [1.54, 1.807) is 0 Å². The van der Waals surface area contributed by atoms with Crippen molar-refractivity contribution in [1.29, 1.82) is 0 Å². The summed E-state index contributed by atoms with van der Waals surface area (Å²) in [5.41, 5.74) is 0. The smallest absolute Gasteiger partial charge is 0.320 e. The molecule has 0 aliphatic carbocycles. The van der Waals surface area contributed by atoms with Crippen LogP contribution in [0, 0.1) is 5.92 Å². The third kappa shape index (κ3) is 1.82. The average Bonchev–Trinajstić information content (AvgIpc) is 2.02. The number of ether oxygens (including phenoxy) is 2. The number of carbonyl (C=O) groups excluding carboxylic acids is 2. The summed E-state index contributed by atoms with van der Waals surface area (Å²) in [4.78, 5) is 22.1. The minimum absolute atomic E-state index is 0.0225. The Kier molecular flexibility index (Phi) is 2.59. The zero-order chi connectivity index (χ0) is 10.1. The van der Waals surface area contributed by atoms with Crippen LogP contribution in [0.15, 0.2) is 0 Å². The van der Waals surface area contributed by atoms with Crippen LogP contribution >= 0.6 is 0 Å². The van der Waals surface area contributed by atoms with Gasteiger partial charge in [-0.25, -0.2) is 0 Å². The molecule has 1 fully saturated rings. The molecule has 0 atom stereocenters. The van der Waals surface area contributed by atoms with Crippen LogP contribution in [0.3, 0.4) is 0 Å². The Hall–Kier alpha value is -1.06. The number of rotatable bonds is 2. The van der Waals surface area contributed by atoms with E-state index >= 15 is 0 Å². The highest BCUT2D eigenvalue weighted by Gasteiger charge is 2.44. The van der Waals surface area contributed by atoms with Crippen LogP contribution in [0.25, 0.3) is 0 Å². The standard InChI is InChI=1S/C9H14O4/c1-4-9(6(2)3)12-7(10)5-8(11)13-9/h6H,4-5H2,1-3H3. The van der Waals surface area contributed by atoms with E-state index in [9.17, 15) is 9.59 Å². The molecule has 1 aliphatic heterocycles. The van der Waals surface area contributed by atoms with Gasteiger partial charge in [0.2, 0.25) is 0 Å². The average molecular weight is 186 g/mol. The molecule has 74 valence electrons. The van der Waals surface area contributed by atoms with Crippen molar-refractivity contribution >= 4 is 11.9 Å². The Morgan fingerprint density at radius 1 is 1.31 bits per heavy atom. The molecule has 13 heavy (non-hydrogen) atoms. The Bertz CT molecular complexity index is 216. The second kappa shape index (κ2) is 3.36. The van der Waals surface area contributed by atoms with E-state index in [0.717, 1.165) is 0 Å². The van der Waals surface area contributed by atoms with Crippen molar-refractivity contribution in [2.75, 3.05) is 0 Å². The van der Waals surface area contributed by atoms with Gasteiger partial charge in [0.15, 0.2) is 0 Å². The predicted molar refractivity (Wildman–Crippen MR) is 44.7 cm³/mol. The lowest BCUT2D eigenvalue weighted by molar-refractivity contribution is -0.259. The summed E-state index contributed by atoms with van der Waals surface area (Å²) in [5.74, 6) is -2.05. The number of carbonyl (C=O) groups is 2. The summed E-state index contributed by atoms with van der Waals surface area (Å²) >= 11 is 0. The lowest BCUT2D eigenvalue weighted by Gasteiger charge is -2.37. The Morgan fingerprint density at radius 3 is 2.08 bits per heavy atom. The van der Waals surface area contributed by atoms with Crippen molar-refractivity contribution in [1.82, 2.24) is 0 Å². The summed E-state index contributed by atoms with van der Waals surface area (Å²) in [6, 6.07) is 0. The highest BCUT2D eigenvalue weighted by atomic mass is 16.7. The summed E-state index contributed by atoms with van der Waals surface area (Å²) in [6.45, 7) is 5.54. The first-order valence-corrected chi connectivity index (χ1v) is 4.44. The maximum atomic E-state index is 11.0. The van der Waals surface area contributed by atoms with E-state index in [1.807, 2.05) is 20.8 Å². The minimum Gasteiger partial charge on any atom is -0.422 e. The second-order valence-corrected chi connectivity index (χ2v) is 3.45. The van der Waals surface area contributed by atoms with Gasteiger partial charge in [0, 0.05) is 12.3 Å². The number of cyclic esters (lactones) is 2. The monoisotopic (exact) mass is 186 g/mol. The van der Waals surface area contributed by atoms with E-state index in [1.165, 1.54) is 0 Å². The number of hydrogen-bond donors (Lipinski definition) is 0. The predicted octanol–water partition coefficient (Wildman–Crippen LogP) is 1.24. The maximum Gasteiger partial charge on any atom is 0.320 e. The van der Waals surface area contributed by atoms with Gasteiger partial charge in [-0.15, -0.1) is 0 Å². The zero-order valence-corrected chi connectivity index (χ0v) is 8.12. The number of esters is 2. The van der Waals surface area contributed by atoms with E-state index in [2.05, 4.69) is 0 Å². The van der Waals surface area contributed by atoms with Gasteiger partial charge in [0.25, 0.3) is 5.79 Å². The van der Waals surface area contributed by atoms with Gasteiger partial charge in [0.1, 0.15) is 6.42 Å². The molecule has 0 aromatic carbocycles. The fourth-order valence-electron chi connectivity index (χ4n) is 1.38. The molecule has 1 heterocycles. The molecule has 0 spiro atoms. The Balaban J connectivity index is 2.86. The fraction of sp³-hybridized carbons (Fsp3) is 0.778. The molecule has 4 heteroatoms.